The molecule has 24 heavy (non-hydrogen) atoms. The van der Waals surface area contributed by atoms with E-state index in [1.807, 2.05) is 50.3 Å². The third-order valence-electron chi connectivity index (χ3n) is 4.94. The third-order valence-corrected chi connectivity index (χ3v) is 4.94. The number of carbonyl (C=O) groups excluding carboxylic acids is 2. The van der Waals surface area contributed by atoms with Crippen LogP contribution in [0.5, 0.6) is 0 Å². The second-order valence-corrected chi connectivity index (χ2v) is 5.97. The van der Waals surface area contributed by atoms with Gasteiger partial charge in [-0.1, -0.05) is 50.3 Å². The lowest BCUT2D eigenvalue weighted by molar-refractivity contribution is -0.151. The lowest BCUT2D eigenvalue weighted by Gasteiger charge is -2.40. The van der Waals surface area contributed by atoms with Gasteiger partial charge < -0.3 is 9.47 Å². The first-order valence-corrected chi connectivity index (χ1v) is 8.67. The third kappa shape index (κ3) is 2.64. The molecule has 0 radical (unpaired) electrons. The van der Waals surface area contributed by atoms with Crippen molar-refractivity contribution < 1.29 is 19.1 Å². The number of benzene rings is 1. The fourth-order valence-electron chi connectivity index (χ4n) is 3.51. The van der Waals surface area contributed by atoms with E-state index in [1.54, 1.807) is 13.8 Å². The molecule has 0 fully saturated rings. The molecule has 4 nitrogen and oxygen atoms in total. The maximum Gasteiger partial charge on any atom is 0.320 e. The van der Waals surface area contributed by atoms with Crippen LogP contribution in [-0.2, 0) is 29.9 Å². The predicted octanol–water partition coefficient (Wildman–Crippen LogP) is 3.68. The summed E-state index contributed by atoms with van der Waals surface area (Å²) in [6, 6.07) is 7.63. The van der Waals surface area contributed by atoms with Crippen molar-refractivity contribution in [2.75, 3.05) is 13.2 Å². The number of carbonyl (C=O) groups is 2. The van der Waals surface area contributed by atoms with Crippen LogP contribution in [0.25, 0.3) is 0 Å². The van der Waals surface area contributed by atoms with E-state index in [1.165, 1.54) is 0 Å². The van der Waals surface area contributed by atoms with Gasteiger partial charge in [0.05, 0.1) is 13.2 Å². The van der Waals surface area contributed by atoms with Gasteiger partial charge in [-0.2, -0.15) is 0 Å². The van der Waals surface area contributed by atoms with Crippen LogP contribution in [-0.4, -0.2) is 25.2 Å². The van der Waals surface area contributed by atoms with E-state index < -0.39 is 10.8 Å². The first kappa shape index (κ1) is 18.2. The SMILES string of the molecule is CCOC(=O)[C@]1(CC)C=C[C@@](CC)(C(=O)OCC)c2ccccc21. The van der Waals surface area contributed by atoms with Crippen molar-refractivity contribution in [2.45, 2.75) is 51.4 Å². The summed E-state index contributed by atoms with van der Waals surface area (Å²) in [7, 11) is 0. The Balaban J connectivity index is 2.68. The van der Waals surface area contributed by atoms with Gasteiger partial charge in [-0.05, 0) is 37.8 Å². The second-order valence-electron chi connectivity index (χ2n) is 5.97. The van der Waals surface area contributed by atoms with Crippen LogP contribution >= 0.6 is 0 Å². The monoisotopic (exact) mass is 330 g/mol. The summed E-state index contributed by atoms with van der Waals surface area (Å²) in [4.78, 5) is 25.4. The van der Waals surface area contributed by atoms with Crippen LogP contribution in [0.15, 0.2) is 36.4 Å². The zero-order valence-corrected chi connectivity index (χ0v) is 14.9. The summed E-state index contributed by atoms with van der Waals surface area (Å²) in [5, 5.41) is 0. The molecule has 130 valence electrons. The molecule has 2 atom stereocenters. The van der Waals surface area contributed by atoms with Gasteiger partial charge in [0.25, 0.3) is 0 Å². The molecule has 0 bridgehead atoms. The molecule has 1 aromatic carbocycles. The summed E-state index contributed by atoms with van der Waals surface area (Å²) in [5.74, 6) is -0.547. The zero-order valence-electron chi connectivity index (χ0n) is 14.9. The Morgan fingerprint density at radius 2 is 1.17 bits per heavy atom. The molecule has 0 aliphatic heterocycles. The Morgan fingerprint density at radius 1 is 0.792 bits per heavy atom. The molecular formula is C20H26O4. The second kappa shape index (κ2) is 7.20. The molecule has 0 unspecified atom stereocenters. The molecule has 4 heteroatoms. The highest BCUT2D eigenvalue weighted by Gasteiger charge is 2.50. The summed E-state index contributed by atoms with van der Waals surface area (Å²) in [5.41, 5.74) is -0.0260. The van der Waals surface area contributed by atoms with Crippen LogP contribution in [0.4, 0.5) is 0 Å². The molecule has 0 saturated heterocycles. The van der Waals surface area contributed by atoms with Crippen LogP contribution in [0.3, 0.4) is 0 Å². The van der Waals surface area contributed by atoms with Crippen molar-refractivity contribution in [1.82, 2.24) is 0 Å². The Kier molecular flexibility index (Phi) is 5.47. The molecule has 1 aliphatic rings. The summed E-state index contributed by atoms with van der Waals surface area (Å²) in [6.07, 6.45) is 4.82. The fraction of sp³-hybridized carbons (Fsp3) is 0.500. The van der Waals surface area contributed by atoms with Crippen molar-refractivity contribution in [2.24, 2.45) is 0 Å². The molecule has 0 heterocycles. The van der Waals surface area contributed by atoms with Crippen LogP contribution in [0.2, 0.25) is 0 Å². The standard InChI is InChI=1S/C20H26O4/c1-5-19(17(21)23-7-3)13-14-20(6-2,18(22)24-8-4)16-12-10-9-11-15(16)19/h9-14H,5-8H2,1-4H3/t19-,20-/m1/s1. The largest absolute Gasteiger partial charge is 0.465 e. The number of hydrogen-bond donors (Lipinski definition) is 0. The highest BCUT2D eigenvalue weighted by atomic mass is 16.5. The number of fused-ring (bicyclic) bond motifs is 1. The van der Waals surface area contributed by atoms with Crippen molar-refractivity contribution in [1.29, 1.82) is 0 Å². The first-order chi connectivity index (χ1) is 11.5. The Bertz CT molecular complexity index is 594. The minimum absolute atomic E-state index is 0.273. The lowest BCUT2D eigenvalue weighted by atomic mass is 9.63. The van der Waals surface area contributed by atoms with Gasteiger partial charge in [-0.25, -0.2) is 0 Å². The minimum atomic E-state index is -0.849. The van der Waals surface area contributed by atoms with E-state index in [0.29, 0.717) is 26.1 Å². The highest BCUT2D eigenvalue weighted by molar-refractivity contribution is 5.93. The zero-order chi connectivity index (χ0) is 17.8. The molecule has 2 rings (SSSR count). The quantitative estimate of drug-likeness (QED) is 0.590. The maximum absolute atomic E-state index is 12.7. The molecular weight excluding hydrogens is 304 g/mol. The number of ether oxygens (including phenoxy) is 2. The van der Waals surface area contributed by atoms with Gasteiger partial charge in [0.1, 0.15) is 10.8 Å². The topological polar surface area (TPSA) is 52.6 Å². The van der Waals surface area contributed by atoms with Gasteiger partial charge in [-0.15, -0.1) is 0 Å². The number of rotatable bonds is 6. The van der Waals surface area contributed by atoms with Crippen LogP contribution in [0, 0.1) is 0 Å². The molecule has 0 aromatic heterocycles. The average molecular weight is 330 g/mol. The van der Waals surface area contributed by atoms with Gasteiger partial charge >= 0.3 is 11.9 Å². The van der Waals surface area contributed by atoms with Crippen molar-refractivity contribution in [3.05, 3.63) is 47.5 Å². The molecule has 0 saturated carbocycles. The smallest absolute Gasteiger partial charge is 0.320 e. The molecule has 0 N–H and O–H groups in total. The first-order valence-electron chi connectivity index (χ1n) is 8.67. The van der Waals surface area contributed by atoms with Gasteiger partial charge in [0, 0.05) is 0 Å². The number of hydrogen-bond acceptors (Lipinski definition) is 4. The van der Waals surface area contributed by atoms with E-state index in [0.717, 1.165) is 11.1 Å². The highest BCUT2D eigenvalue weighted by Crippen LogP contribution is 2.46. The van der Waals surface area contributed by atoms with E-state index in [2.05, 4.69) is 0 Å². The van der Waals surface area contributed by atoms with Gasteiger partial charge in [0.15, 0.2) is 0 Å². The lowest BCUT2D eigenvalue weighted by Crippen LogP contribution is -2.45. The Morgan fingerprint density at radius 3 is 1.46 bits per heavy atom. The number of esters is 2. The Labute approximate surface area is 143 Å². The van der Waals surface area contributed by atoms with Crippen molar-refractivity contribution >= 4 is 11.9 Å². The maximum atomic E-state index is 12.7. The van der Waals surface area contributed by atoms with E-state index in [-0.39, 0.29) is 11.9 Å². The van der Waals surface area contributed by atoms with E-state index in [4.69, 9.17) is 9.47 Å². The van der Waals surface area contributed by atoms with Crippen molar-refractivity contribution in [3.63, 3.8) is 0 Å². The van der Waals surface area contributed by atoms with E-state index in [9.17, 15) is 9.59 Å². The molecule has 1 aliphatic carbocycles. The minimum Gasteiger partial charge on any atom is -0.465 e. The van der Waals surface area contributed by atoms with Gasteiger partial charge in [-0.3, -0.25) is 9.59 Å². The molecule has 0 amide bonds. The van der Waals surface area contributed by atoms with Crippen LogP contribution in [0.1, 0.15) is 51.7 Å². The Hall–Kier alpha value is -2.10. The molecule has 1 aromatic rings. The van der Waals surface area contributed by atoms with Crippen LogP contribution < -0.4 is 0 Å². The summed E-state index contributed by atoms with van der Waals surface area (Å²) < 4.78 is 10.7. The average Bonchev–Trinajstić information content (AvgIpc) is 2.61. The fourth-order valence-corrected chi connectivity index (χ4v) is 3.51. The summed E-state index contributed by atoms with van der Waals surface area (Å²) >= 11 is 0. The predicted molar refractivity (Wildman–Crippen MR) is 92.8 cm³/mol. The van der Waals surface area contributed by atoms with Gasteiger partial charge in [0.2, 0.25) is 0 Å². The van der Waals surface area contributed by atoms with E-state index >= 15 is 0 Å². The molecule has 0 spiro atoms. The normalized spacial score (nSPS) is 25.0. The van der Waals surface area contributed by atoms with Crippen molar-refractivity contribution in [3.8, 4) is 0 Å². The summed E-state index contributed by atoms with van der Waals surface area (Å²) in [6.45, 7) is 8.17.